The minimum atomic E-state index is -4.42. The van der Waals surface area contributed by atoms with Crippen molar-refractivity contribution >= 4 is 23.2 Å². The maximum atomic E-state index is 13.1. The van der Waals surface area contributed by atoms with Crippen molar-refractivity contribution in [1.82, 2.24) is 5.43 Å². The molecule has 2 aromatic carbocycles. The molecule has 1 amide bonds. The van der Waals surface area contributed by atoms with E-state index in [0.717, 1.165) is 11.6 Å². The first kappa shape index (κ1) is 17.6. The number of nitrogens with one attached hydrogen (secondary N) is 2. The van der Waals surface area contributed by atoms with E-state index < -0.39 is 23.6 Å². The van der Waals surface area contributed by atoms with E-state index in [9.17, 15) is 18.0 Å². The molecule has 0 radical (unpaired) electrons. The van der Waals surface area contributed by atoms with E-state index in [1.54, 1.807) is 24.3 Å². The average molecular weight is 369 g/mol. The van der Waals surface area contributed by atoms with E-state index in [0.29, 0.717) is 17.1 Å². The van der Waals surface area contributed by atoms with Crippen LogP contribution in [0.3, 0.4) is 0 Å². The zero-order valence-electron chi connectivity index (χ0n) is 13.3. The Balaban J connectivity index is 1.64. The molecule has 0 unspecified atom stereocenters. The van der Waals surface area contributed by atoms with E-state index in [4.69, 9.17) is 11.6 Å². The number of hydrogen-bond acceptors (Lipinski definition) is 2. The fourth-order valence-electron chi connectivity index (χ4n) is 2.80. The predicted molar refractivity (Wildman–Crippen MR) is 90.2 cm³/mol. The SMILES string of the molecule is Cc1ccc(NNC(=O)[C@@H]2C[C@H]2c2ccccc2C(F)(F)F)cc1Cl. The van der Waals surface area contributed by atoms with Gasteiger partial charge in [0.1, 0.15) is 0 Å². The highest BCUT2D eigenvalue weighted by molar-refractivity contribution is 6.31. The van der Waals surface area contributed by atoms with Crippen molar-refractivity contribution in [2.24, 2.45) is 5.92 Å². The number of halogens is 4. The first-order valence-electron chi connectivity index (χ1n) is 7.75. The minimum Gasteiger partial charge on any atom is -0.299 e. The monoisotopic (exact) mass is 368 g/mol. The lowest BCUT2D eigenvalue weighted by molar-refractivity contribution is -0.138. The number of alkyl halides is 3. The Hall–Kier alpha value is -2.21. The number of amides is 1. The highest BCUT2D eigenvalue weighted by atomic mass is 35.5. The van der Waals surface area contributed by atoms with Crippen molar-refractivity contribution in [3.05, 3.63) is 64.2 Å². The summed E-state index contributed by atoms with van der Waals surface area (Å²) in [5, 5.41) is 0.558. The average Bonchev–Trinajstić information content (AvgIpc) is 3.35. The summed E-state index contributed by atoms with van der Waals surface area (Å²) in [6.07, 6.45) is -4.02. The minimum absolute atomic E-state index is 0.175. The topological polar surface area (TPSA) is 41.1 Å². The highest BCUT2D eigenvalue weighted by Crippen LogP contribution is 2.51. The third-order valence-electron chi connectivity index (χ3n) is 4.29. The van der Waals surface area contributed by atoms with Gasteiger partial charge in [-0.1, -0.05) is 35.9 Å². The van der Waals surface area contributed by atoms with E-state index in [1.807, 2.05) is 6.92 Å². The second kappa shape index (κ2) is 6.59. The predicted octanol–water partition coefficient (Wildman–Crippen LogP) is 4.91. The lowest BCUT2D eigenvalue weighted by Gasteiger charge is -2.13. The Kier molecular flexibility index (Phi) is 4.64. The summed E-state index contributed by atoms with van der Waals surface area (Å²) in [6.45, 7) is 1.86. The maximum Gasteiger partial charge on any atom is 0.416 e. The van der Waals surface area contributed by atoms with Crippen LogP contribution in [0.1, 0.15) is 29.0 Å². The molecule has 1 aliphatic carbocycles. The quantitative estimate of drug-likeness (QED) is 0.752. The molecule has 0 bridgehead atoms. The van der Waals surface area contributed by atoms with E-state index in [1.165, 1.54) is 12.1 Å². The fraction of sp³-hybridized carbons (Fsp3) is 0.278. The van der Waals surface area contributed by atoms with Crippen LogP contribution in [0.5, 0.6) is 0 Å². The largest absolute Gasteiger partial charge is 0.416 e. The van der Waals surface area contributed by atoms with Crippen LogP contribution < -0.4 is 10.9 Å². The molecule has 1 aliphatic rings. The van der Waals surface area contributed by atoms with E-state index >= 15 is 0 Å². The second-order valence-electron chi connectivity index (χ2n) is 6.11. The number of hydrogen-bond donors (Lipinski definition) is 2. The molecule has 1 saturated carbocycles. The summed E-state index contributed by atoms with van der Waals surface area (Å²) in [5.74, 6) is -1.23. The van der Waals surface area contributed by atoms with Crippen LogP contribution in [0.4, 0.5) is 18.9 Å². The lowest BCUT2D eigenvalue weighted by atomic mass is 10.0. The molecule has 132 valence electrons. The van der Waals surface area contributed by atoms with Crippen LogP contribution in [-0.4, -0.2) is 5.91 Å². The van der Waals surface area contributed by atoms with Gasteiger partial charge in [0.15, 0.2) is 0 Å². The van der Waals surface area contributed by atoms with Crippen LogP contribution in [0, 0.1) is 12.8 Å². The molecular formula is C18H16ClF3N2O. The first-order valence-corrected chi connectivity index (χ1v) is 8.13. The summed E-state index contributed by atoms with van der Waals surface area (Å²) in [7, 11) is 0. The van der Waals surface area contributed by atoms with Crippen molar-refractivity contribution in [3.63, 3.8) is 0 Å². The molecule has 1 fully saturated rings. The number of anilines is 1. The van der Waals surface area contributed by atoms with Gasteiger partial charge in [-0.25, -0.2) is 0 Å². The zero-order valence-corrected chi connectivity index (χ0v) is 14.1. The van der Waals surface area contributed by atoms with Crippen molar-refractivity contribution in [2.75, 3.05) is 5.43 Å². The van der Waals surface area contributed by atoms with E-state index in [-0.39, 0.29) is 11.5 Å². The Morgan fingerprint density at radius 2 is 1.92 bits per heavy atom. The maximum absolute atomic E-state index is 13.1. The van der Waals surface area contributed by atoms with Crippen LogP contribution in [0.25, 0.3) is 0 Å². The molecule has 0 saturated heterocycles. The number of hydrazine groups is 1. The molecule has 2 N–H and O–H groups in total. The number of carbonyl (C=O) groups excluding carboxylic acids is 1. The molecule has 25 heavy (non-hydrogen) atoms. The van der Waals surface area contributed by atoms with Crippen LogP contribution in [-0.2, 0) is 11.0 Å². The summed E-state index contributed by atoms with van der Waals surface area (Å²) >= 11 is 6.01. The van der Waals surface area contributed by atoms with Crippen LogP contribution in [0.15, 0.2) is 42.5 Å². The summed E-state index contributed by atoms with van der Waals surface area (Å²) in [5.41, 5.74) is 6.30. The van der Waals surface area contributed by atoms with Crippen molar-refractivity contribution in [1.29, 1.82) is 0 Å². The molecular weight excluding hydrogens is 353 g/mol. The van der Waals surface area contributed by atoms with Gasteiger partial charge in [-0.15, -0.1) is 0 Å². The summed E-state index contributed by atoms with van der Waals surface area (Å²) < 4.78 is 39.2. The van der Waals surface area contributed by atoms with Gasteiger partial charge in [0, 0.05) is 10.9 Å². The smallest absolute Gasteiger partial charge is 0.299 e. The molecule has 0 spiro atoms. The Labute approximate surface area is 148 Å². The van der Waals surface area contributed by atoms with Gasteiger partial charge in [-0.2, -0.15) is 13.2 Å². The van der Waals surface area contributed by atoms with Gasteiger partial charge in [0.2, 0.25) is 5.91 Å². The van der Waals surface area contributed by atoms with Gasteiger partial charge in [0.25, 0.3) is 0 Å². The standard InChI is InChI=1S/C18H16ClF3N2O/c1-10-6-7-11(8-16(10)19)23-24-17(25)14-9-13(14)12-4-2-3-5-15(12)18(20,21)22/h2-8,13-14,23H,9H2,1H3,(H,24,25)/t13-,14+/m0/s1. The summed E-state index contributed by atoms with van der Waals surface area (Å²) in [6, 6.07) is 10.6. The Morgan fingerprint density at radius 3 is 2.60 bits per heavy atom. The molecule has 2 atom stereocenters. The second-order valence-corrected chi connectivity index (χ2v) is 6.52. The molecule has 0 aromatic heterocycles. The third kappa shape index (κ3) is 3.90. The Morgan fingerprint density at radius 1 is 1.20 bits per heavy atom. The summed E-state index contributed by atoms with van der Waals surface area (Å²) in [4.78, 5) is 12.2. The number of aryl methyl sites for hydroxylation is 1. The molecule has 3 rings (SSSR count). The van der Waals surface area contributed by atoms with Crippen molar-refractivity contribution in [2.45, 2.75) is 25.4 Å². The van der Waals surface area contributed by atoms with E-state index in [2.05, 4.69) is 10.9 Å². The van der Waals surface area contributed by atoms with Crippen LogP contribution in [0.2, 0.25) is 5.02 Å². The van der Waals surface area contributed by atoms with Gasteiger partial charge in [-0.3, -0.25) is 15.6 Å². The lowest BCUT2D eigenvalue weighted by Crippen LogP contribution is -2.31. The number of benzene rings is 2. The highest BCUT2D eigenvalue weighted by Gasteiger charge is 2.47. The van der Waals surface area contributed by atoms with Crippen LogP contribution >= 0.6 is 11.6 Å². The van der Waals surface area contributed by atoms with Gasteiger partial charge in [0.05, 0.1) is 11.3 Å². The zero-order chi connectivity index (χ0) is 18.2. The normalized spacial score (nSPS) is 19.4. The third-order valence-corrected chi connectivity index (χ3v) is 4.70. The molecule has 2 aromatic rings. The first-order chi connectivity index (χ1) is 11.8. The molecule has 0 aliphatic heterocycles. The fourth-order valence-corrected chi connectivity index (χ4v) is 2.98. The van der Waals surface area contributed by atoms with Gasteiger partial charge in [-0.05, 0) is 48.6 Å². The molecule has 3 nitrogen and oxygen atoms in total. The number of rotatable bonds is 4. The molecule has 7 heteroatoms. The Bertz CT molecular complexity index is 807. The van der Waals surface area contributed by atoms with Crippen molar-refractivity contribution < 1.29 is 18.0 Å². The van der Waals surface area contributed by atoms with Crippen molar-refractivity contribution in [3.8, 4) is 0 Å². The van der Waals surface area contributed by atoms with Gasteiger partial charge < -0.3 is 0 Å². The number of carbonyl (C=O) groups is 1. The van der Waals surface area contributed by atoms with Gasteiger partial charge >= 0.3 is 6.18 Å². The molecule has 0 heterocycles.